The van der Waals surface area contributed by atoms with Crippen molar-refractivity contribution in [2.75, 3.05) is 5.32 Å². The Labute approximate surface area is 110 Å². The van der Waals surface area contributed by atoms with Crippen molar-refractivity contribution in [2.24, 2.45) is 5.92 Å². The number of halogens is 2. The van der Waals surface area contributed by atoms with Gasteiger partial charge >= 0.3 is 0 Å². The van der Waals surface area contributed by atoms with Crippen molar-refractivity contribution in [2.45, 2.75) is 33.6 Å². The Bertz CT molecular complexity index is 420. The summed E-state index contributed by atoms with van der Waals surface area (Å²) in [5, 5.41) is 2.76. The van der Waals surface area contributed by atoms with Gasteiger partial charge in [-0.15, -0.1) is 0 Å². The van der Waals surface area contributed by atoms with Crippen molar-refractivity contribution in [3.05, 3.63) is 28.0 Å². The molecule has 4 heteroatoms. The lowest BCUT2D eigenvalue weighted by Crippen LogP contribution is -2.20. The van der Waals surface area contributed by atoms with Crippen LogP contribution in [-0.2, 0) is 4.79 Å². The van der Waals surface area contributed by atoms with Gasteiger partial charge in [-0.05, 0) is 47.0 Å². The zero-order valence-corrected chi connectivity index (χ0v) is 11.9. The van der Waals surface area contributed by atoms with Crippen LogP contribution in [0.4, 0.5) is 10.1 Å². The highest BCUT2D eigenvalue weighted by molar-refractivity contribution is 9.10. The molecule has 0 bridgehead atoms. The predicted molar refractivity (Wildman–Crippen MR) is 71.5 cm³/mol. The fourth-order valence-electron chi connectivity index (χ4n) is 1.60. The minimum atomic E-state index is -0.367. The number of carbonyl (C=O) groups is 1. The van der Waals surface area contributed by atoms with E-state index in [1.807, 2.05) is 20.8 Å². The van der Waals surface area contributed by atoms with Gasteiger partial charge in [-0.1, -0.05) is 20.3 Å². The second-order valence-electron chi connectivity index (χ2n) is 4.26. The maximum absolute atomic E-state index is 13.4. The lowest BCUT2D eigenvalue weighted by Gasteiger charge is -2.13. The molecule has 94 valence electrons. The van der Waals surface area contributed by atoms with E-state index in [-0.39, 0.29) is 17.6 Å². The van der Waals surface area contributed by atoms with Crippen molar-refractivity contribution in [1.29, 1.82) is 0 Å². The van der Waals surface area contributed by atoms with Crippen LogP contribution in [0.5, 0.6) is 0 Å². The largest absolute Gasteiger partial charge is 0.326 e. The first-order valence-electron chi connectivity index (χ1n) is 5.72. The number of anilines is 1. The highest BCUT2D eigenvalue weighted by Crippen LogP contribution is 2.24. The average Bonchev–Trinajstić information content (AvgIpc) is 2.26. The molecular weight excluding hydrogens is 285 g/mol. The van der Waals surface area contributed by atoms with Gasteiger partial charge in [0.2, 0.25) is 5.91 Å². The summed E-state index contributed by atoms with van der Waals surface area (Å²) in [5.74, 6) is -0.475. The Morgan fingerprint density at radius 3 is 2.76 bits per heavy atom. The summed E-state index contributed by atoms with van der Waals surface area (Å²) in [6.07, 6.45) is 1.80. The molecule has 0 aliphatic heterocycles. The van der Waals surface area contributed by atoms with E-state index in [0.717, 1.165) is 18.4 Å². The van der Waals surface area contributed by atoms with E-state index in [4.69, 9.17) is 0 Å². The van der Waals surface area contributed by atoms with Gasteiger partial charge in [0.05, 0.1) is 4.47 Å². The van der Waals surface area contributed by atoms with Crippen molar-refractivity contribution in [1.82, 2.24) is 0 Å². The predicted octanol–water partition coefficient (Wildman–Crippen LogP) is 4.27. The molecule has 17 heavy (non-hydrogen) atoms. The first-order valence-corrected chi connectivity index (χ1v) is 6.51. The van der Waals surface area contributed by atoms with Gasteiger partial charge in [0.25, 0.3) is 0 Å². The van der Waals surface area contributed by atoms with Gasteiger partial charge in [0.1, 0.15) is 5.82 Å². The Balaban J connectivity index is 2.81. The number of benzene rings is 1. The zero-order chi connectivity index (χ0) is 13.0. The van der Waals surface area contributed by atoms with Gasteiger partial charge in [-0.25, -0.2) is 4.39 Å². The van der Waals surface area contributed by atoms with Crippen LogP contribution in [0.25, 0.3) is 0 Å². The average molecular weight is 302 g/mol. The quantitative estimate of drug-likeness (QED) is 0.884. The van der Waals surface area contributed by atoms with E-state index in [0.29, 0.717) is 10.2 Å². The molecule has 0 aliphatic rings. The normalized spacial score (nSPS) is 12.3. The summed E-state index contributed by atoms with van der Waals surface area (Å²) in [6, 6.07) is 3.01. The van der Waals surface area contributed by atoms with Crippen LogP contribution in [0.2, 0.25) is 0 Å². The third kappa shape index (κ3) is 3.80. The molecular formula is C13H17BrFNO. The van der Waals surface area contributed by atoms with E-state index in [9.17, 15) is 9.18 Å². The molecule has 0 saturated carbocycles. The lowest BCUT2D eigenvalue weighted by atomic mass is 10.1. The van der Waals surface area contributed by atoms with Crippen LogP contribution in [0.1, 0.15) is 32.3 Å². The molecule has 1 aromatic rings. The molecule has 1 atom stereocenters. The first kappa shape index (κ1) is 14.2. The Morgan fingerprint density at radius 2 is 2.18 bits per heavy atom. The molecule has 0 spiro atoms. The van der Waals surface area contributed by atoms with E-state index >= 15 is 0 Å². The number of hydrogen-bond acceptors (Lipinski definition) is 1. The molecule has 0 saturated heterocycles. The van der Waals surface area contributed by atoms with Crippen molar-refractivity contribution in [3.8, 4) is 0 Å². The molecule has 2 nitrogen and oxygen atoms in total. The molecule has 0 radical (unpaired) electrons. The van der Waals surface area contributed by atoms with Crippen LogP contribution in [0, 0.1) is 18.7 Å². The number of hydrogen-bond donors (Lipinski definition) is 1. The Hall–Kier alpha value is -0.900. The van der Waals surface area contributed by atoms with E-state index < -0.39 is 0 Å². The fourth-order valence-corrected chi connectivity index (χ4v) is 2.06. The van der Waals surface area contributed by atoms with Crippen LogP contribution in [0.3, 0.4) is 0 Å². The number of aryl methyl sites for hydroxylation is 1. The van der Waals surface area contributed by atoms with Gasteiger partial charge in [-0.3, -0.25) is 4.79 Å². The third-order valence-corrected chi connectivity index (χ3v) is 3.30. The zero-order valence-electron chi connectivity index (χ0n) is 10.3. The highest BCUT2D eigenvalue weighted by Gasteiger charge is 2.14. The molecule has 1 unspecified atom stereocenters. The molecule has 0 aromatic heterocycles. The van der Waals surface area contributed by atoms with Gasteiger partial charge in [0.15, 0.2) is 0 Å². The van der Waals surface area contributed by atoms with Crippen LogP contribution >= 0.6 is 15.9 Å². The molecule has 1 N–H and O–H groups in total. The van der Waals surface area contributed by atoms with Crippen molar-refractivity contribution in [3.63, 3.8) is 0 Å². The van der Waals surface area contributed by atoms with Gasteiger partial charge < -0.3 is 5.32 Å². The number of amides is 1. The Kier molecular flexibility index (Phi) is 5.12. The van der Waals surface area contributed by atoms with Gasteiger partial charge in [-0.2, -0.15) is 0 Å². The monoisotopic (exact) mass is 301 g/mol. The minimum Gasteiger partial charge on any atom is -0.326 e. The van der Waals surface area contributed by atoms with Gasteiger partial charge in [0, 0.05) is 11.6 Å². The molecule has 0 heterocycles. The number of nitrogens with one attached hydrogen (secondary N) is 1. The highest BCUT2D eigenvalue weighted by atomic mass is 79.9. The standard InChI is InChI=1S/C13H17BrFNO/c1-4-5-8(2)13(17)16-12-7-11(15)10(14)6-9(12)3/h6-8H,4-5H2,1-3H3,(H,16,17). The van der Waals surface area contributed by atoms with E-state index in [1.165, 1.54) is 6.07 Å². The summed E-state index contributed by atoms with van der Waals surface area (Å²) in [7, 11) is 0. The summed E-state index contributed by atoms with van der Waals surface area (Å²) < 4.78 is 13.8. The number of carbonyl (C=O) groups excluding carboxylic acids is 1. The topological polar surface area (TPSA) is 29.1 Å². The summed E-state index contributed by atoms with van der Waals surface area (Å²) >= 11 is 3.11. The lowest BCUT2D eigenvalue weighted by molar-refractivity contribution is -0.119. The maximum atomic E-state index is 13.4. The first-order chi connectivity index (χ1) is 7.95. The molecule has 1 amide bonds. The molecule has 1 rings (SSSR count). The smallest absolute Gasteiger partial charge is 0.227 e. The van der Waals surface area contributed by atoms with E-state index in [1.54, 1.807) is 6.07 Å². The summed E-state index contributed by atoms with van der Waals surface area (Å²) in [5.41, 5.74) is 1.38. The molecule has 0 fully saturated rings. The van der Waals surface area contributed by atoms with E-state index in [2.05, 4.69) is 21.2 Å². The van der Waals surface area contributed by atoms with Crippen LogP contribution < -0.4 is 5.32 Å². The SMILES string of the molecule is CCCC(C)C(=O)Nc1cc(F)c(Br)cc1C. The maximum Gasteiger partial charge on any atom is 0.227 e. The minimum absolute atomic E-state index is 0.0499. The molecule has 1 aromatic carbocycles. The van der Waals surface area contributed by atoms with Crippen molar-refractivity contribution < 1.29 is 9.18 Å². The Morgan fingerprint density at radius 1 is 1.53 bits per heavy atom. The second-order valence-corrected chi connectivity index (χ2v) is 5.11. The van der Waals surface area contributed by atoms with Crippen molar-refractivity contribution >= 4 is 27.5 Å². The van der Waals surface area contributed by atoms with Crippen LogP contribution in [-0.4, -0.2) is 5.91 Å². The second kappa shape index (κ2) is 6.15. The van der Waals surface area contributed by atoms with Crippen LogP contribution in [0.15, 0.2) is 16.6 Å². The number of rotatable bonds is 4. The summed E-state index contributed by atoms with van der Waals surface area (Å²) in [6.45, 7) is 5.75. The fraction of sp³-hybridized carbons (Fsp3) is 0.462. The molecule has 0 aliphatic carbocycles. The summed E-state index contributed by atoms with van der Waals surface area (Å²) in [4.78, 5) is 11.8. The third-order valence-electron chi connectivity index (χ3n) is 2.69.